The van der Waals surface area contributed by atoms with Gasteiger partial charge in [-0.25, -0.2) is 4.98 Å². The number of primary amides is 1. The molecule has 2 rings (SSSR count). The molecule has 100 valence electrons. The molecule has 1 heterocycles. The smallest absolute Gasteiger partial charge is 0.250 e. The number of nitrogens with zero attached hydrogens (tertiary/aromatic N) is 2. The maximum absolute atomic E-state index is 11.2. The van der Waals surface area contributed by atoms with Gasteiger partial charge < -0.3 is 16.8 Å². The van der Waals surface area contributed by atoms with Crippen molar-refractivity contribution in [3.63, 3.8) is 0 Å². The number of nitrogens with one attached hydrogen (secondary N) is 1. The molecule has 0 saturated heterocycles. The van der Waals surface area contributed by atoms with Gasteiger partial charge in [0.25, 0.3) is 5.91 Å². The van der Waals surface area contributed by atoms with E-state index in [1.807, 2.05) is 12.1 Å². The average molecular weight is 267 g/mol. The summed E-state index contributed by atoms with van der Waals surface area (Å²) >= 11 is 0. The molecule has 20 heavy (non-hydrogen) atoms. The molecule has 1 aromatic carbocycles. The molecule has 0 aliphatic heterocycles. The van der Waals surface area contributed by atoms with Crippen LogP contribution in [0.1, 0.15) is 21.5 Å². The summed E-state index contributed by atoms with van der Waals surface area (Å²) in [5, 5.41) is 11.8. The highest BCUT2D eigenvalue weighted by Crippen LogP contribution is 2.15. The Morgan fingerprint density at radius 2 is 2.05 bits per heavy atom. The number of aromatic nitrogens is 1. The van der Waals surface area contributed by atoms with Crippen LogP contribution in [-0.4, -0.2) is 10.9 Å². The van der Waals surface area contributed by atoms with E-state index in [0.29, 0.717) is 17.9 Å². The van der Waals surface area contributed by atoms with Crippen molar-refractivity contribution in [1.82, 2.24) is 4.98 Å². The van der Waals surface area contributed by atoms with Crippen molar-refractivity contribution in [1.29, 1.82) is 5.26 Å². The molecule has 0 saturated carbocycles. The Morgan fingerprint density at radius 3 is 2.65 bits per heavy atom. The molecule has 1 amide bonds. The first kappa shape index (κ1) is 13.4. The lowest BCUT2D eigenvalue weighted by Gasteiger charge is -2.08. The van der Waals surface area contributed by atoms with Crippen LogP contribution in [0.3, 0.4) is 0 Å². The van der Waals surface area contributed by atoms with Crippen LogP contribution in [0.2, 0.25) is 0 Å². The quantitative estimate of drug-likeness (QED) is 0.770. The van der Waals surface area contributed by atoms with E-state index < -0.39 is 5.91 Å². The number of rotatable bonds is 4. The molecule has 0 aliphatic carbocycles. The molecule has 0 bridgehead atoms. The summed E-state index contributed by atoms with van der Waals surface area (Å²) in [7, 11) is 0. The highest BCUT2D eigenvalue weighted by Gasteiger charge is 2.07. The Bertz CT molecular complexity index is 673. The molecule has 0 aliphatic rings. The number of nitrogens with two attached hydrogens (primary N) is 2. The fourth-order valence-corrected chi connectivity index (χ4v) is 1.67. The topological polar surface area (TPSA) is 118 Å². The third kappa shape index (κ3) is 3.03. The standard InChI is InChI=1S/C14H13N5O/c15-6-9-1-3-10(4-2-9)7-18-13-5-11(14(17)20)12(16)8-19-13/h1-5,8H,7,16H2,(H2,17,20)(H,18,19). The van der Waals surface area contributed by atoms with Crippen LogP contribution in [-0.2, 0) is 6.54 Å². The minimum atomic E-state index is -0.591. The second-order valence-corrected chi connectivity index (χ2v) is 4.18. The molecule has 0 fully saturated rings. The lowest BCUT2D eigenvalue weighted by atomic mass is 10.1. The second-order valence-electron chi connectivity index (χ2n) is 4.18. The van der Waals surface area contributed by atoms with Gasteiger partial charge in [-0.05, 0) is 23.8 Å². The largest absolute Gasteiger partial charge is 0.397 e. The molecule has 5 N–H and O–H groups in total. The Labute approximate surface area is 116 Å². The zero-order valence-electron chi connectivity index (χ0n) is 10.6. The SMILES string of the molecule is N#Cc1ccc(CNc2cc(C(N)=O)c(N)cn2)cc1. The average Bonchev–Trinajstić information content (AvgIpc) is 2.46. The van der Waals surface area contributed by atoms with E-state index in [1.165, 1.54) is 12.3 Å². The van der Waals surface area contributed by atoms with E-state index in [0.717, 1.165) is 5.56 Å². The maximum atomic E-state index is 11.2. The lowest BCUT2D eigenvalue weighted by Crippen LogP contribution is -2.14. The van der Waals surface area contributed by atoms with Gasteiger partial charge in [0.2, 0.25) is 0 Å². The summed E-state index contributed by atoms with van der Waals surface area (Å²) in [5.41, 5.74) is 12.9. The molecule has 0 atom stereocenters. The molecule has 6 heteroatoms. The number of benzene rings is 1. The number of anilines is 2. The van der Waals surface area contributed by atoms with Crippen LogP contribution in [0.5, 0.6) is 0 Å². The summed E-state index contributed by atoms with van der Waals surface area (Å²) in [5.74, 6) is -0.0799. The van der Waals surface area contributed by atoms with Crippen molar-refractivity contribution in [2.24, 2.45) is 5.73 Å². The molecule has 2 aromatic rings. The minimum absolute atomic E-state index is 0.238. The summed E-state index contributed by atoms with van der Waals surface area (Å²) in [6.45, 7) is 0.515. The first-order valence-electron chi connectivity index (χ1n) is 5.88. The van der Waals surface area contributed by atoms with E-state index in [1.54, 1.807) is 12.1 Å². The molecule has 6 nitrogen and oxygen atoms in total. The molecular weight excluding hydrogens is 254 g/mol. The van der Waals surface area contributed by atoms with E-state index in [9.17, 15) is 4.79 Å². The predicted molar refractivity (Wildman–Crippen MR) is 75.7 cm³/mol. The van der Waals surface area contributed by atoms with Gasteiger partial charge in [0.15, 0.2) is 0 Å². The van der Waals surface area contributed by atoms with Crippen LogP contribution in [0.15, 0.2) is 36.5 Å². The Kier molecular flexibility index (Phi) is 3.82. The predicted octanol–water partition coefficient (Wildman–Crippen LogP) is 1.25. The highest BCUT2D eigenvalue weighted by atomic mass is 16.1. The number of carbonyl (C=O) groups is 1. The first-order valence-corrected chi connectivity index (χ1v) is 5.88. The van der Waals surface area contributed by atoms with E-state index in [-0.39, 0.29) is 11.3 Å². The van der Waals surface area contributed by atoms with Crippen molar-refractivity contribution in [2.45, 2.75) is 6.54 Å². The Hall–Kier alpha value is -3.07. The number of carbonyl (C=O) groups excluding carboxylic acids is 1. The van der Waals surface area contributed by atoms with Gasteiger partial charge in [0, 0.05) is 6.54 Å². The Morgan fingerprint density at radius 1 is 1.35 bits per heavy atom. The lowest BCUT2D eigenvalue weighted by molar-refractivity contribution is 0.100. The summed E-state index contributed by atoms with van der Waals surface area (Å²) < 4.78 is 0. The van der Waals surface area contributed by atoms with Crippen LogP contribution < -0.4 is 16.8 Å². The second kappa shape index (κ2) is 5.71. The summed E-state index contributed by atoms with van der Waals surface area (Å²) in [6.07, 6.45) is 1.39. The summed E-state index contributed by atoms with van der Waals surface area (Å²) in [4.78, 5) is 15.2. The van der Waals surface area contributed by atoms with Crippen molar-refractivity contribution < 1.29 is 4.79 Å². The van der Waals surface area contributed by atoms with E-state index in [4.69, 9.17) is 16.7 Å². The van der Waals surface area contributed by atoms with Crippen molar-refractivity contribution in [2.75, 3.05) is 11.1 Å². The molecule has 0 unspecified atom stereocenters. The number of amides is 1. The van der Waals surface area contributed by atoms with E-state index in [2.05, 4.69) is 16.4 Å². The van der Waals surface area contributed by atoms with Crippen molar-refractivity contribution in [3.8, 4) is 6.07 Å². The number of hydrogen-bond acceptors (Lipinski definition) is 5. The zero-order chi connectivity index (χ0) is 14.5. The fourth-order valence-electron chi connectivity index (χ4n) is 1.67. The zero-order valence-corrected chi connectivity index (χ0v) is 10.6. The third-order valence-electron chi connectivity index (χ3n) is 2.76. The van der Waals surface area contributed by atoms with Gasteiger partial charge >= 0.3 is 0 Å². The van der Waals surface area contributed by atoms with Crippen molar-refractivity contribution in [3.05, 3.63) is 53.2 Å². The van der Waals surface area contributed by atoms with Crippen LogP contribution in [0.25, 0.3) is 0 Å². The first-order chi connectivity index (χ1) is 9.60. The van der Waals surface area contributed by atoms with Gasteiger partial charge in [-0.15, -0.1) is 0 Å². The maximum Gasteiger partial charge on any atom is 0.250 e. The molecule has 1 aromatic heterocycles. The van der Waals surface area contributed by atoms with Crippen LogP contribution in [0.4, 0.5) is 11.5 Å². The van der Waals surface area contributed by atoms with Crippen molar-refractivity contribution >= 4 is 17.4 Å². The fraction of sp³-hybridized carbons (Fsp3) is 0.0714. The molecule has 0 radical (unpaired) electrons. The highest BCUT2D eigenvalue weighted by molar-refractivity contribution is 5.98. The number of nitrogen functional groups attached to an aromatic ring is 1. The van der Waals surface area contributed by atoms with Gasteiger partial charge in [-0.1, -0.05) is 12.1 Å². The van der Waals surface area contributed by atoms with Crippen LogP contribution in [0, 0.1) is 11.3 Å². The van der Waals surface area contributed by atoms with Crippen LogP contribution >= 0.6 is 0 Å². The number of hydrogen-bond donors (Lipinski definition) is 3. The van der Waals surface area contributed by atoms with Gasteiger partial charge in [0.05, 0.1) is 29.1 Å². The molecular formula is C14H13N5O. The van der Waals surface area contributed by atoms with E-state index >= 15 is 0 Å². The monoisotopic (exact) mass is 267 g/mol. The van der Waals surface area contributed by atoms with Gasteiger partial charge in [0.1, 0.15) is 5.82 Å². The number of nitriles is 1. The molecule has 0 spiro atoms. The minimum Gasteiger partial charge on any atom is -0.397 e. The Balaban J connectivity index is 2.09. The number of pyridine rings is 1. The third-order valence-corrected chi connectivity index (χ3v) is 2.76. The van der Waals surface area contributed by atoms with Gasteiger partial charge in [-0.2, -0.15) is 5.26 Å². The normalized spacial score (nSPS) is 9.75. The van der Waals surface area contributed by atoms with Gasteiger partial charge in [-0.3, -0.25) is 4.79 Å². The summed E-state index contributed by atoms with van der Waals surface area (Å²) in [6, 6.07) is 10.7.